The smallest absolute Gasteiger partial charge is 0.251 e. The molecule has 1 unspecified atom stereocenters. The summed E-state index contributed by atoms with van der Waals surface area (Å²) in [6.45, 7) is 4.44. The molecular weight excluding hydrogens is 605 g/mol. The lowest BCUT2D eigenvalue weighted by Gasteiger charge is -2.27. The van der Waals surface area contributed by atoms with E-state index in [2.05, 4.69) is 15.3 Å². The number of carbonyl (C=O) groups excluding carboxylic acids is 2. The first-order valence-electron chi connectivity index (χ1n) is 14.3. The summed E-state index contributed by atoms with van der Waals surface area (Å²) in [5, 5.41) is 2.79. The molecule has 12 heteroatoms. The number of fused-ring (bicyclic) bond motifs is 1. The summed E-state index contributed by atoms with van der Waals surface area (Å²) in [6, 6.07) is 10.7. The first kappa shape index (κ1) is 32.3. The van der Waals surface area contributed by atoms with Crippen molar-refractivity contribution in [3.05, 3.63) is 119 Å². The van der Waals surface area contributed by atoms with Crippen molar-refractivity contribution in [3.63, 3.8) is 0 Å². The fourth-order valence-corrected chi connectivity index (χ4v) is 5.46. The second kappa shape index (κ2) is 12.7. The van der Waals surface area contributed by atoms with E-state index in [9.17, 15) is 31.5 Å². The number of nitrogens with zero attached hydrogens (tertiary/aromatic N) is 3. The van der Waals surface area contributed by atoms with Crippen molar-refractivity contribution in [2.24, 2.45) is 5.73 Å². The van der Waals surface area contributed by atoms with Crippen LogP contribution >= 0.6 is 0 Å². The van der Waals surface area contributed by atoms with Crippen LogP contribution in [0.3, 0.4) is 0 Å². The number of hydrogen-bond acceptors (Lipinski definition) is 4. The van der Waals surface area contributed by atoms with Gasteiger partial charge in [0, 0.05) is 24.2 Å². The number of carbonyl (C=O) groups is 2. The molecule has 2 aromatic heterocycles. The maximum atomic E-state index is 14.6. The molecule has 0 saturated heterocycles. The van der Waals surface area contributed by atoms with Crippen LogP contribution in [0.5, 0.6) is 0 Å². The van der Waals surface area contributed by atoms with Gasteiger partial charge in [-0.25, -0.2) is 26.9 Å². The van der Waals surface area contributed by atoms with Crippen LogP contribution in [0.2, 0.25) is 0 Å². The summed E-state index contributed by atoms with van der Waals surface area (Å²) in [5.41, 5.74) is 8.72. The third-order valence-electron chi connectivity index (χ3n) is 7.77. The monoisotopic (exact) mass is 635 g/mol. The van der Waals surface area contributed by atoms with Gasteiger partial charge in [0.2, 0.25) is 11.8 Å². The van der Waals surface area contributed by atoms with Gasteiger partial charge in [-0.1, -0.05) is 12.1 Å². The van der Waals surface area contributed by atoms with Gasteiger partial charge in [0.1, 0.15) is 23.5 Å². The Morgan fingerprint density at radius 1 is 0.957 bits per heavy atom. The highest BCUT2D eigenvalue weighted by Crippen LogP contribution is 2.33. The molecule has 0 fully saturated rings. The number of pyridine rings is 1. The number of rotatable bonds is 10. The molecular formula is C34H30F5N5O2. The first-order valence-corrected chi connectivity index (χ1v) is 14.3. The number of primary amides is 1. The number of nitrogens with one attached hydrogen (secondary N) is 1. The minimum absolute atomic E-state index is 0.146. The summed E-state index contributed by atoms with van der Waals surface area (Å²) >= 11 is 0. The zero-order chi connectivity index (χ0) is 33.3. The number of alkyl halides is 2. The van der Waals surface area contributed by atoms with Crippen molar-refractivity contribution in [3.8, 4) is 11.1 Å². The largest absolute Gasteiger partial charge is 0.366 e. The minimum Gasteiger partial charge on any atom is -0.366 e. The third kappa shape index (κ3) is 7.06. The molecule has 0 radical (unpaired) electrons. The Bertz CT molecular complexity index is 1930. The van der Waals surface area contributed by atoms with E-state index in [-0.39, 0.29) is 23.2 Å². The number of benzene rings is 3. The van der Waals surface area contributed by atoms with Gasteiger partial charge in [-0.15, -0.1) is 0 Å². The zero-order valence-corrected chi connectivity index (χ0v) is 25.1. The van der Waals surface area contributed by atoms with Crippen LogP contribution in [0.1, 0.15) is 58.2 Å². The van der Waals surface area contributed by atoms with Crippen LogP contribution in [0.15, 0.2) is 73.2 Å². The highest BCUT2D eigenvalue weighted by Gasteiger charge is 2.35. The molecule has 3 N–H and O–H groups in total. The molecule has 0 aliphatic rings. The molecule has 0 aliphatic carbocycles. The normalized spacial score (nSPS) is 13.0. The second-order valence-electron chi connectivity index (χ2n) is 11.4. The van der Waals surface area contributed by atoms with E-state index in [1.807, 2.05) is 13.8 Å². The van der Waals surface area contributed by atoms with Crippen molar-refractivity contribution in [2.45, 2.75) is 51.6 Å². The topological polar surface area (TPSA) is 103 Å². The highest BCUT2D eigenvalue weighted by atomic mass is 19.3. The summed E-state index contributed by atoms with van der Waals surface area (Å²) in [7, 11) is 0. The van der Waals surface area contributed by atoms with E-state index in [1.54, 1.807) is 24.3 Å². The molecule has 2 atom stereocenters. The predicted octanol–water partition coefficient (Wildman–Crippen LogP) is 6.92. The van der Waals surface area contributed by atoms with Gasteiger partial charge in [0.05, 0.1) is 34.7 Å². The van der Waals surface area contributed by atoms with Gasteiger partial charge in [-0.2, -0.15) is 0 Å². The maximum Gasteiger partial charge on any atom is 0.251 e. The van der Waals surface area contributed by atoms with Crippen LogP contribution < -0.4 is 11.1 Å². The number of halogens is 5. The molecule has 5 aromatic rings. The van der Waals surface area contributed by atoms with Crippen LogP contribution in [0, 0.1) is 31.3 Å². The van der Waals surface area contributed by atoms with Gasteiger partial charge in [0.15, 0.2) is 0 Å². The number of nitrogens with two attached hydrogens (primary N) is 1. The Morgan fingerprint density at radius 2 is 1.65 bits per heavy atom. The van der Waals surface area contributed by atoms with Crippen LogP contribution in [0.25, 0.3) is 22.2 Å². The summed E-state index contributed by atoms with van der Waals surface area (Å²) in [5.74, 6) is -7.66. The van der Waals surface area contributed by atoms with Gasteiger partial charge in [-0.05, 0) is 91.9 Å². The Hall–Kier alpha value is -5.13. The minimum atomic E-state index is -3.27. The SMILES string of the molecule is Cc1cc2ncn(C(CC(C)(F)F)C(=O)N[C@@H](Cc3cc(F)cc(F)c3)c3ncccc3-c3ccc(F)c(C(N)=O)c3)c2cc1C. The van der Waals surface area contributed by atoms with Crippen LogP contribution in [-0.2, 0) is 11.2 Å². The Kier molecular flexibility index (Phi) is 8.91. The average Bonchev–Trinajstić information content (AvgIpc) is 3.37. The lowest BCUT2D eigenvalue weighted by Crippen LogP contribution is -2.38. The summed E-state index contributed by atoms with van der Waals surface area (Å²) in [4.78, 5) is 34.7. The number of imidazole rings is 1. The fraction of sp³-hybridized carbons (Fsp3) is 0.235. The first-order chi connectivity index (χ1) is 21.7. The highest BCUT2D eigenvalue weighted by molar-refractivity contribution is 5.94. The van der Waals surface area contributed by atoms with E-state index in [1.165, 1.54) is 29.2 Å². The summed E-state index contributed by atoms with van der Waals surface area (Å²) in [6.07, 6.45) is 1.65. The molecule has 7 nitrogen and oxygen atoms in total. The van der Waals surface area contributed by atoms with Crippen molar-refractivity contribution >= 4 is 22.8 Å². The standard InChI is InChI=1S/C34H30F5N5O2/c1-18-9-27-29(10-19(18)2)44(17-42-27)30(16-34(3,38)39)33(46)43-28(13-20-11-22(35)15-23(36)12-20)31-24(5-4-8-41-31)21-6-7-26(37)25(14-21)32(40)45/h4-12,14-15,17,28,30H,13,16H2,1-3H3,(H2,40,45)(H,43,46)/t28-,30?/m0/s1. The summed E-state index contributed by atoms with van der Waals surface area (Å²) < 4.78 is 73.4. The van der Waals surface area contributed by atoms with Crippen molar-refractivity contribution in [2.75, 3.05) is 0 Å². The van der Waals surface area contributed by atoms with Gasteiger partial charge >= 0.3 is 0 Å². The predicted molar refractivity (Wildman–Crippen MR) is 163 cm³/mol. The van der Waals surface area contributed by atoms with Crippen molar-refractivity contribution in [1.82, 2.24) is 19.9 Å². The lowest BCUT2D eigenvalue weighted by atomic mass is 9.94. The Balaban J connectivity index is 1.62. The molecule has 0 spiro atoms. The molecule has 2 amide bonds. The molecule has 238 valence electrons. The quantitative estimate of drug-likeness (QED) is 0.163. The number of hydrogen-bond donors (Lipinski definition) is 2. The van der Waals surface area contributed by atoms with Crippen LogP contribution in [-0.4, -0.2) is 32.3 Å². The Morgan fingerprint density at radius 3 is 2.33 bits per heavy atom. The number of amides is 2. The molecule has 0 aliphatic heterocycles. The van der Waals surface area contributed by atoms with Crippen molar-refractivity contribution in [1.29, 1.82) is 0 Å². The molecule has 3 aromatic carbocycles. The van der Waals surface area contributed by atoms with Gasteiger partial charge in [0.25, 0.3) is 5.91 Å². The third-order valence-corrected chi connectivity index (χ3v) is 7.77. The molecule has 0 saturated carbocycles. The van der Waals surface area contributed by atoms with Gasteiger partial charge < -0.3 is 15.6 Å². The lowest BCUT2D eigenvalue weighted by molar-refractivity contribution is -0.128. The van der Waals surface area contributed by atoms with E-state index in [0.717, 1.165) is 29.3 Å². The zero-order valence-electron chi connectivity index (χ0n) is 25.1. The molecule has 46 heavy (non-hydrogen) atoms. The average molecular weight is 636 g/mol. The fourth-order valence-electron chi connectivity index (χ4n) is 5.46. The van der Waals surface area contributed by atoms with E-state index < -0.39 is 53.7 Å². The molecule has 0 bridgehead atoms. The Labute approximate surface area is 261 Å². The van der Waals surface area contributed by atoms with E-state index >= 15 is 0 Å². The van der Waals surface area contributed by atoms with Crippen molar-refractivity contribution < 1.29 is 31.5 Å². The van der Waals surface area contributed by atoms with Crippen LogP contribution in [0.4, 0.5) is 22.0 Å². The maximum absolute atomic E-state index is 14.6. The van der Waals surface area contributed by atoms with E-state index in [0.29, 0.717) is 35.2 Å². The second-order valence-corrected chi connectivity index (χ2v) is 11.4. The number of aryl methyl sites for hydroxylation is 2. The van der Waals surface area contributed by atoms with Gasteiger partial charge in [-0.3, -0.25) is 14.6 Å². The number of aromatic nitrogens is 3. The van der Waals surface area contributed by atoms with E-state index in [4.69, 9.17) is 5.73 Å². The molecule has 5 rings (SSSR count). The molecule has 2 heterocycles.